The van der Waals surface area contributed by atoms with Gasteiger partial charge >= 0.3 is 0 Å². The smallest absolute Gasteiger partial charge is 0.221 e. The number of aromatic nitrogens is 1. The zero-order valence-electron chi connectivity index (χ0n) is 13.1. The molecule has 0 unspecified atom stereocenters. The van der Waals surface area contributed by atoms with Crippen molar-refractivity contribution < 1.29 is 9.50 Å². The summed E-state index contributed by atoms with van der Waals surface area (Å²) in [5.41, 5.74) is 2.50. The lowest BCUT2D eigenvalue weighted by molar-refractivity contribution is 0.404. The van der Waals surface area contributed by atoms with Gasteiger partial charge in [-0.05, 0) is 30.7 Å². The zero-order chi connectivity index (χ0) is 16.7. The molecule has 0 aliphatic carbocycles. The molecule has 0 bridgehead atoms. The summed E-state index contributed by atoms with van der Waals surface area (Å²) in [6.45, 7) is 1.98. The molecule has 24 heavy (non-hydrogen) atoms. The molecule has 1 aliphatic rings. The summed E-state index contributed by atoms with van der Waals surface area (Å²) in [6.07, 6.45) is 0. The molecule has 1 aromatic heterocycles. The summed E-state index contributed by atoms with van der Waals surface area (Å²) >= 11 is 1.78. The highest BCUT2D eigenvalue weighted by Crippen LogP contribution is 2.45. The van der Waals surface area contributed by atoms with Gasteiger partial charge in [0.1, 0.15) is 5.82 Å². The average molecular weight is 341 g/mol. The Morgan fingerprint density at radius 3 is 2.67 bits per heavy atom. The van der Waals surface area contributed by atoms with E-state index in [1.54, 1.807) is 28.5 Å². The minimum Gasteiger partial charge on any atom is -0.493 e. The zero-order valence-corrected chi connectivity index (χ0v) is 13.9. The highest BCUT2D eigenvalue weighted by atomic mass is 32.2. The number of azo groups is 1. The molecule has 3 aromatic rings. The normalized spacial score (nSPS) is 15.2. The van der Waals surface area contributed by atoms with Crippen molar-refractivity contribution in [3.05, 3.63) is 53.8 Å². The van der Waals surface area contributed by atoms with Crippen molar-refractivity contribution in [3.8, 4) is 5.88 Å². The number of halogens is 1. The van der Waals surface area contributed by atoms with Gasteiger partial charge < -0.3 is 9.67 Å². The minimum atomic E-state index is -0.350. The third-order valence-electron chi connectivity index (χ3n) is 4.18. The molecule has 0 atom stereocenters. The van der Waals surface area contributed by atoms with Crippen LogP contribution in [0.25, 0.3) is 10.9 Å². The summed E-state index contributed by atoms with van der Waals surface area (Å²) in [7, 11) is 0. The van der Waals surface area contributed by atoms with Crippen LogP contribution in [0.5, 0.6) is 5.88 Å². The summed E-state index contributed by atoms with van der Waals surface area (Å²) in [5, 5.41) is 19.7. The van der Waals surface area contributed by atoms with E-state index in [0.29, 0.717) is 22.3 Å². The molecule has 2 heterocycles. The number of benzene rings is 2. The predicted molar refractivity (Wildman–Crippen MR) is 95.3 cm³/mol. The Kier molecular flexibility index (Phi) is 3.76. The van der Waals surface area contributed by atoms with Gasteiger partial charge in [0, 0.05) is 16.9 Å². The van der Waals surface area contributed by atoms with Gasteiger partial charge in [-0.1, -0.05) is 24.3 Å². The van der Waals surface area contributed by atoms with E-state index in [9.17, 15) is 9.50 Å². The quantitative estimate of drug-likeness (QED) is 0.640. The maximum Gasteiger partial charge on any atom is 0.221 e. The minimum absolute atomic E-state index is 0.0168. The number of para-hydroxylation sites is 1. The van der Waals surface area contributed by atoms with Gasteiger partial charge in [-0.15, -0.1) is 5.11 Å². The molecule has 2 aromatic carbocycles. The second kappa shape index (κ2) is 5.94. The van der Waals surface area contributed by atoms with Crippen LogP contribution in [0.3, 0.4) is 0 Å². The summed E-state index contributed by atoms with van der Waals surface area (Å²) in [5.74, 6) is 1.36. The molecular weight excluding hydrogens is 325 g/mol. The monoisotopic (exact) mass is 341 g/mol. The maximum atomic E-state index is 14.4. The molecule has 1 aliphatic heterocycles. The van der Waals surface area contributed by atoms with Gasteiger partial charge in [-0.25, -0.2) is 4.39 Å². The summed E-state index contributed by atoms with van der Waals surface area (Å²) in [6, 6.07) is 12.5. The van der Waals surface area contributed by atoms with Crippen LogP contribution in [0.15, 0.2) is 52.7 Å². The molecule has 0 saturated carbocycles. The first-order chi connectivity index (χ1) is 11.6. The summed E-state index contributed by atoms with van der Waals surface area (Å²) in [4.78, 5) is 0. The Morgan fingerprint density at radius 2 is 1.96 bits per heavy atom. The van der Waals surface area contributed by atoms with Crippen LogP contribution in [0.1, 0.15) is 11.6 Å². The third kappa shape index (κ3) is 2.47. The van der Waals surface area contributed by atoms with Crippen LogP contribution in [-0.2, 0) is 0 Å². The molecular formula is C18H16FN3OS. The topological polar surface area (TPSA) is 49.9 Å². The molecule has 0 radical (unpaired) electrons. The first-order valence-corrected chi connectivity index (χ1v) is 8.88. The van der Waals surface area contributed by atoms with E-state index in [1.165, 1.54) is 6.07 Å². The highest BCUT2D eigenvalue weighted by molar-refractivity contribution is 8.00. The fourth-order valence-corrected chi connectivity index (χ4v) is 3.66. The molecule has 4 rings (SSSR count). The largest absolute Gasteiger partial charge is 0.493 e. The van der Waals surface area contributed by atoms with Crippen LogP contribution >= 0.6 is 11.8 Å². The van der Waals surface area contributed by atoms with E-state index < -0.39 is 0 Å². The molecule has 0 spiro atoms. The maximum absolute atomic E-state index is 14.4. The van der Waals surface area contributed by atoms with Crippen molar-refractivity contribution in [2.45, 2.75) is 13.0 Å². The van der Waals surface area contributed by atoms with Gasteiger partial charge in [-0.2, -0.15) is 16.9 Å². The SMILES string of the molecule is Cc1cccc(N=Nc2c(O)n(C3CSC3)c3c(F)cccc23)c1. The Bertz CT molecular complexity index is 947. The van der Waals surface area contributed by atoms with Crippen LogP contribution < -0.4 is 0 Å². The lowest BCUT2D eigenvalue weighted by Crippen LogP contribution is -2.22. The molecule has 1 saturated heterocycles. The van der Waals surface area contributed by atoms with Crippen LogP contribution in [0, 0.1) is 12.7 Å². The van der Waals surface area contributed by atoms with Gasteiger partial charge in [0.25, 0.3) is 0 Å². The Morgan fingerprint density at radius 1 is 1.17 bits per heavy atom. The second-order valence-electron chi connectivity index (χ2n) is 5.91. The van der Waals surface area contributed by atoms with E-state index in [1.807, 2.05) is 31.2 Å². The van der Waals surface area contributed by atoms with Crippen molar-refractivity contribution in [2.24, 2.45) is 10.2 Å². The Balaban J connectivity index is 1.86. The van der Waals surface area contributed by atoms with E-state index >= 15 is 0 Å². The van der Waals surface area contributed by atoms with Gasteiger partial charge in [0.2, 0.25) is 5.88 Å². The molecule has 1 N–H and O–H groups in total. The Labute approximate surface area is 143 Å². The number of aryl methyl sites for hydroxylation is 1. The van der Waals surface area contributed by atoms with Crippen LogP contribution in [-0.4, -0.2) is 21.2 Å². The molecule has 1 fully saturated rings. The number of fused-ring (bicyclic) bond motifs is 1. The number of nitrogens with zero attached hydrogens (tertiary/aromatic N) is 3. The standard InChI is InChI=1S/C18H16FN3OS/c1-11-4-2-5-12(8-11)20-21-16-14-6-3-7-15(19)17(14)22(18(16)23)13-9-24-10-13/h2-8,13,23H,9-10H2,1H3. The number of rotatable bonds is 3. The number of hydrogen-bond donors (Lipinski definition) is 1. The first kappa shape index (κ1) is 15.2. The van der Waals surface area contributed by atoms with Crippen molar-refractivity contribution in [1.82, 2.24) is 4.57 Å². The first-order valence-electron chi connectivity index (χ1n) is 7.72. The molecule has 6 heteroatoms. The van der Waals surface area contributed by atoms with Crippen LogP contribution in [0.4, 0.5) is 15.8 Å². The van der Waals surface area contributed by atoms with Crippen molar-refractivity contribution in [1.29, 1.82) is 0 Å². The van der Waals surface area contributed by atoms with Crippen molar-refractivity contribution in [3.63, 3.8) is 0 Å². The van der Waals surface area contributed by atoms with Crippen LogP contribution in [0.2, 0.25) is 0 Å². The van der Waals surface area contributed by atoms with Gasteiger partial charge in [0.05, 0.1) is 17.2 Å². The molecule has 122 valence electrons. The van der Waals surface area contributed by atoms with E-state index in [-0.39, 0.29) is 17.7 Å². The predicted octanol–water partition coefficient (Wildman–Crippen LogP) is 5.50. The summed E-state index contributed by atoms with van der Waals surface area (Å²) < 4.78 is 16.0. The third-order valence-corrected chi connectivity index (χ3v) is 5.42. The molecule has 0 amide bonds. The lowest BCUT2D eigenvalue weighted by atomic mass is 10.2. The Hall–Kier alpha value is -2.34. The van der Waals surface area contributed by atoms with E-state index in [2.05, 4.69) is 10.2 Å². The second-order valence-corrected chi connectivity index (χ2v) is 6.98. The average Bonchev–Trinajstić information content (AvgIpc) is 2.78. The van der Waals surface area contributed by atoms with Gasteiger partial charge in [0.15, 0.2) is 5.69 Å². The van der Waals surface area contributed by atoms with Gasteiger partial charge in [-0.3, -0.25) is 0 Å². The number of aromatic hydroxyl groups is 1. The lowest BCUT2D eigenvalue weighted by Gasteiger charge is -2.27. The number of thioether (sulfide) groups is 1. The fourth-order valence-electron chi connectivity index (χ4n) is 2.92. The van der Waals surface area contributed by atoms with E-state index in [4.69, 9.17) is 0 Å². The molecule has 4 nitrogen and oxygen atoms in total. The fraction of sp³-hybridized carbons (Fsp3) is 0.222. The highest BCUT2D eigenvalue weighted by Gasteiger charge is 2.28. The van der Waals surface area contributed by atoms with E-state index in [0.717, 1.165) is 17.1 Å². The van der Waals surface area contributed by atoms with Crippen molar-refractivity contribution in [2.75, 3.05) is 11.5 Å². The van der Waals surface area contributed by atoms with Crippen molar-refractivity contribution >= 4 is 34.0 Å². The number of hydrogen-bond acceptors (Lipinski definition) is 4.